The van der Waals surface area contributed by atoms with E-state index < -0.39 is 0 Å². The molecule has 16 heavy (non-hydrogen) atoms. The number of rotatable bonds is 3. The molecule has 0 spiro atoms. The lowest BCUT2D eigenvalue weighted by atomic mass is 10.1. The Kier molecular flexibility index (Phi) is 3.05. The summed E-state index contributed by atoms with van der Waals surface area (Å²) >= 11 is 5.74. The van der Waals surface area contributed by atoms with Gasteiger partial charge in [0.2, 0.25) is 12.2 Å². The van der Waals surface area contributed by atoms with Crippen LogP contribution in [-0.2, 0) is 4.79 Å². The number of anilines is 2. The Morgan fingerprint density at radius 1 is 1.50 bits per heavy atom. The largest absolute Gasteiger partial charge is 0.368 e. The molecule has 1 unspecified atom stereocenters. The highest BCUT2D eigenvalue weighted by Crippen LogP contribution is 2.20. The van der Waals surface area contributed by atoms with Gasteiger partial charge in [-0.3, -0.25) is 4.79 Å². The standard InChI is InChI=1S/C10H10ClN4O/c11-8-4-9(15-10(12)14-8)13-7-2-1-6(3-7)5-16/h1-2,4,6-7H,3H2,(H3,12,13,14,15)/t6?,7-/m0/s1. The molecule has 1 radical (unpaired) electrons. The zero-order chi connectivity index (χ0) is 11.5. The van der Waals surface area contributed by atoms with Gasteiger partial charge in [-0.2, -0.15) is 4.98 Å². The van der Waals surface area contributed by atoms with Crippen LogP contribution in [0.5, 0.6) is 0 Å². The van der Waals surface area contributed by atoms with E-state index in [9.17, 15) is 4.79 Å². The van der Waals surface area contributed by atoms with Crippen molar-refractivity contribution in [2.45, 2.75) is 12.5 Å². The van der Waals surface area contributed by atoms with Gasteiger partial charge >= 0.3 is 0 Å². The summed E-state index contributed by atoms with van der Waals surface area (Å²) in [6.45, 7) is 0. The number of nitrogens with one attached hydrogen (secondary N) is 1. The van der Waals surface area contributed by atoms with Gasteiger partial charge in [0.25, 0.3) is 0 Å². The number of nitrogens with zero attached hydrogens (tertiary/aromatic N) is 2. The summed E-state index contributed by atoms with van der Waals surface area (Å²) in [6.07, 6.45) is 6.33. The summed E-state index contributed by atoms with van der Waals surface area (Å²) in [5.41, 5.74) is 5.46. The maximum atomic E-state index is 10.4. The number of hydrogen-bond acceptors (Lipinski definition) is 5. The molecule has 5 nitrogen and oxygen atoms in total. The molecule has 0 bridgehead atoms. The first-order chi connectivity index (χ1) is 7.67. The maximum Gasteiger partial charge on any atom is 0.223 e. The van der Waals surface area contributed by atoms with Crippen molar-refractivity contribution in [3.8, 4) is 0 Å². The number of nitrogens with two attached hydrogens (primary N) is 1. The lowest BCUT2D eigenvalue weighted by Gasteiger charge is -2.12. The summed E-state index contributed by atoms with van der Waals surface area (Å²) in [5.74, 6) is 0.529. The molecule has 0 saturated carbocycles. The van der Waals surface area contributed by atoms with Gasteiger partial charge in [0.1, 0.15) is 11.0 Å². The van der Waals surface area contributed by atoms with Gasteiger partial charge in [-0.05, 0) is 6.42 Å². The van der Waals surface area contributed by atoms with Crippen molar-refractivity contribution in [2.75, 3.05) is 11.1 Å². The van der Waals surface area contributed by atoms with E-state index in [0.717, 1.165) is 0 Å². The fourth-order valence-corrected chi connectivity index (χ4v) is 1.78. The molecule has 1 heterocycles. The Labute approximate surface area is 97.7 Å². The van der Waals surface area contributed by atoms with Gasteiger partial charge in [-0.15, -0.1) is 0 Å². The van der Waals surface area contributed by atoms with Crippen LogP contribution in [0.15, 0.2) is 18.2 Å². The smallest absolute Gasteiger partial charge is 0.223 e. The SMILES string of the molecule is Nc1nc(Cl)cc(N[C@H]2C=CC([C]=O)C2)n1. The van der Waals surface area contributed by atoms with Crippen molar-refractivity contribution in [1.29, 1.82) is 0 Å². The number of halogens is 1. The average Bonchev–Trinajstić information content (AvgIpc) is 2.64. The Morgan fingerprint density at radius 2 is 2.31 bits per heavy atom. The van der Waals surface area contributed by atoms with Crippen LogP contribution in [-0.4, -0.2) is 22.3 Å². The first-order valence-electron chi connectivity index (χ1n) is 4.80. The normalized spacial score (nSPS) is 23.3. The highest BCUT2D eigenvalue weighted by Gasteiger charge is 2.19. The van der Waals surface area contributed by atoms with Gasteiger partial charge in [0.15, 0.2) is 0 Å². The summed E-state index contributed by atoms with van der Waals surface area (Å²) in [4.78, 5) is 18.2. The average molecular weight is 238 g/mol. The third-order valence-electron chi connectivity index (χ3n) is 2.28. The Balaban J connectivity index is 2.05. The van der Waals surface area contributed by atoms with Crippen LogP contribution >= 0.6 is 11.6 Å². The third-order valence-corrected chi connectivity index (χ3v) is 2.47. The predicted molar refractivity (Wildman–Crippen MR) is 61.8 cm³/mol. The Bertz CT molecular complexity index is 415. The first-order valence-corrected chi connectivity index (χ1v) is 5.18. The number of nitrogen functional groups attached to an aromatic ring is 1. The van der Waals surface area contributed by atoms with Gasteiger partial charge < -0.3 is 11.1 Å². The quantitative estimate of drug-likeness (QED) is 0.610. The fraction of sp³-hybridized carbons (Fsp3) is 0.300. The van der Waals surface area contributed by atoms with Gasteiger partial charge in [-0.25, -0.2) is 4.98 Å². The van der Waals surface area contributed by atoms with Crippen LogP contribution in [0.25, 0.3) is 0 Å². The molecule has 0 saturated heterocycles. The summed E-state index contributed by atoms with van der Waals surface area (Å²) in [5, 5.41) is 3.39. The predicted octanol–water partition coefficient (Wildman–Crippen LogP) is 1.18. The van der Waals surface area contributed by atoms with E-state index in [4.69, 9.17) is 17.3 Å². The molecular weight excluding hydrogens is 228 g/mol. The lowest BCUT2D eigenvalue weighted by molar-refractivity contribution is 0.534. The zero-order valence-corrected chi connectivity index (χ0v) is 9.11. The second kappa shape index (κ2) is 4.49. The molecule has 3 N–H and O–H groups in total. The molecule has 6 heteroatoms. The fourth-order valence-electron chi connectivity index (χ4n) is 1.59. The molecule has 0 fully saturated rings. The van der Waals surface area contributed by atoms with Crippen LogP contribution in [0.3, 0.4) is 0 Å². The monoisotopic (exact) mass is 237 g/mol. The van der Waals surface area contributed by atoms with E-state index in [1.165, 1.54) is 0 Å². The van der Waals surface area contributed by atoms with Crippen molar-refractivity contribution in [2.24, 2.45) is 5.92 Å². The highest BCUT2D eigenvalue weighted by atomic mass is 35.5. The van der Waals surface area contributed by atoms with Gasteiger partial charge in [0.05, 0.1) is 0 Å². The topological polar surface area (TPSA) is 80.9 Å². The molecule has 2 rings (SSSR count). The minimum atomic E-state index is -0.146. The van der Waals surface area contributed by atoms with Crippen molar-refractivity contribution in [3.05, 3.63) is 23.4 Å². The molecule has 1 aliphatic rings. The summed E-state index contributed by atoms with van der Waals surface area (Å²) < 4.78 is 0. The van der Waals surface area contributed by atoms with E-state index in [-0.39, 0.29) is 23.1 Å². The second-order valence-electron chi connectivity index (χ2n) is 3.53. The van der Waals surface area contributed by atoms with E-state index in [1.54, 1.807) is 6.07 Å². The van der Waals surface area contributed by atoms with Crippen LogP contribution in [0.4, 0.5) is 11.8 Å². The number of allylic oxidation sites excluding steroid dienone is 1. The van der Waals surface area contributed by atoms with Crippen LogP contribution in [0, 0.1) is 5.92 Å². The van der Waals surface area contributed by atoms with Crippen molar-refractivity contribution < 1.29 is 4.79 Å². The van der Waals surface area contributed by atoms with Gasteiger partial charge in [0, 0.05) is 18.0 Å². The minimum absolute atomic E-state index is 0.0526. The van der Waals surface area contributed by atoms with Crippen molar-refractivity contribution in [1.82, 2.24) is 9.97 Å². The van der Waals surface area contributed by atoms with Crippen molar-refractivity contribution >= 4 is 29.7 Å². The number of carbonyl (C=O) groups excluding carboxylic acids is 1. The molecule has 1 aliphatic carbocycles. The van der Waals surface area contributed by atoms with E-state index in [0.29, 0.717) is 12.2 Å². The molecule has 83 valence electrons. The Hall–Kier alpha value is -1.62. The third kappa shape index (κ3) is 2.49. The molecule has 0 amide bonds. The van der Waals surface area contributed by atoms with Crippen molar-refractivity contribution in [3.63, 3.8) is 0 Å². The molecule has 1 aromatic rings. The van der Waals surface area contributed by atoms with E-state index in [2.05, 4.69) is 15.3 Å². The first kappa shape index (κ1) is 10.9. The number of aromatic nitrogens is 2. The number of hydrogen-bond donors (Lipinski definition) is 2. The zero-order valence-electron chi connectivity index (χ0n) is 8.35. The van der Waals surface area contributed by atoms with E-state index in [1.807, 2.05) is 18.4 Å². The van der Waals surface area contributed by atoms with Crippen LogP contribution < -0.4 is 11.1 Å². The molecular formula is C10H10ClN4O. The minimum Gasteiger partial charge on any atom is -0.368 e. The van der Waals surface area contributed by atoms with E-state index >= 15 is 0 Å². The van der Waals surface area contributed by atoms with Gasteiger partial charge in [-0.1, -0.05) is 23.8 Å². The molecule has 0 aromatic carbocycles. The summed E-state index contributed by atoms with van der Waals surface area (Å²) in [6, 6.07) is 1.64. The summed E-state index contributed by atoms with van der Waals surface area (Å²) in [7, 11) is 0. The molecule has 2 atom stereocenters. The second-order valence-corrected chi connectivity index (χ2v) is 3.92. The maximum absolute atomic E-state index is 10.4. The molecule has 0 aliphatic heterocycles. The van der Waals surface area contributed by atoms with Crippen LogP contribution in [0.2, 0.25) is 5.15 Å². The highest BCUT2D eigenvalue weighted by molar-refractivity contribution is 6.29. The Morgan fingerprint density at radius 3 is 2.94 bits per heavy atom. The van der Waals surface area contributed by atoms with Crippen LogP contribution in [0.1, 0.15) is 6.42 Å². The molecule has 1 aromatic heterocycles. The lowest BCUT2D eigenvalue weighted by Crippen LogP contribution is -2.17.